The zero-order valence-corrected chi connectivity index (χ0v) is 18.5. The summed E-state index contributed by atoms with van der Waals surface area (Å²) in [5, 5.41) is 1.65. The lowest BCUT2D eigenvalue weighted by Gasteiger charge is -2.28. The molecule has 1 atom stereocenters. The second-order valence-electron chi connectivity index (χ2n) is 6.67. The van der Waals surface area contributed by atoms with Gasteiger partial charge in [-0.2, -0.15) is 13.2 Å². The SMILES string of the molecule is C=C=CN([C@H](C)C(F)(F)F)S(=O)(=O)c1cn(C)c(C(=O)Nc2cc(F)c(F)c(Cl)c2)c1C. The molecule has 0 fully saturated rings. The van der Waals surface area contributed by atoms with Crippen LogP contribution in [-0.4, -0.2) is 35.4 Å². The molecule has 1 N–H and O–H groups in total. The Balaban J connectivity index is 2.52. The minimum absolute atomic E-state index is 0.0408. The summed E-state index contributed by atoms with van der Waals surface area (Å²) in [6, 6.07) is -0.838. The van der Waals surface area contributed by atoms with Crippen molar-refractivity contribution in [2.75, 3.05) is 5.32 Å². The van der Waals surface area contributed by atoms with E-state index in [0.717, 1.165) is 16.8 Å². The first-order valence-corrected chi connectivity index (χ1v) is 10.5. The maximum atomic E-state index is 13.5. The maximum absolute atomic E-state index is 13.5. The number of hydrogen-bond donors (Lipinski definition) is 1. The van der Waals surface area contributed by atoms with Crippen LogP contribution in [0.25, 0.3) is 0 Å². The number of halogens is 6. The summed E-state index contributed by atoms with van der Waals surface area (Å²) in [5.74, 6) is -3.57. The van der Waals surface area contributed by atoms with Gasteiger partial charge < -0.3 is 9.88 Å². The summed E-state index contributed by atoms with van der Waals surface area (Å²) < 4.78 is 93.6. The highest BCUT2D eigenvalue weighted by Crippen LogP contribution is 2.32. The third kappa shape index (κ3) is 4.82. The molecular weight excluding hydrogens is 481 g/mol. The third-order valence-electron chi connectivity index (χ3n) is 4.47. The number of anilines is 1. The third-order valence-corrected chi connectivity index (χ3v) is 6.69. The molecule has 32 heavy (non-hydrogen) atoms. The molecule has 0 spiro atoms. The Hall–Kier alpha value is -2.82. The van der Waals surface area contributed by atoms with Crippen LogP contribution >= 0.6 is 11.6 Å². The molecule has 0 aliphatic heterocycles. The van der Waals surface area contributed by atoms with Gasteiger partial charge in [0.25, 0.3) is 15.9 Å². The Morgan fingerprint density at radius 2 is 1.94 bits per heavy atom. The largest absolute Gasteiger partial charge is 0.409 e. The van der Waals surface area contributed by atoms with E-state index in [4.69, 9.17) is 11.6 Å². The van der Waals surface area contributed by atoms with Gasteiger partial charge in [-0.15, -0.1) is 5.73 Å². The number of amides is 1. The van der Waals surface area contributed by atoms with E-state index in [1.807, 2.05) is 5.73 Å². The number of alkyl halides is 3. The highest BCUT2D eigenvalue weighted by atomic mass is 35.5. The van der Waals surface area contributed by atoms with E-state index in [9.17, 15) is 35.2 Å². The maximum Gasteiger partial charge on any atom is 0.409 e. The lowest BCUT2D eigenvalue weighted by Crippen LogP contribution is -2.43. The fourth-order valence-electron chi connectivity index (χ4n) is 2.86. The zero-order valence-electron chi connectivity index (χ0n) is 16.9. The quantitative estimate of drug-likeness (QED) is 0.355. The van der Waals surface area contributed by atoms with Gasteiger partial charge in [0, 0.05) is 30.6 Å². The highest BCUT2D eigenvalue weighted by Gasteiger charge is 2.45. The summed E-state index contributed by atoms with van der Waals surface area (Å²) in [5.41, 5.74) is 1.38. The van der Waals surface area contributed by atoms with Gasteiger partial charge >= 0.3 is 6.18 Å². The van der Waals surface area contributed by atoms with E-state index in [-0.39, 0.29) is 21.2 Å². The number of carbonyl (C=O) groups excluding carboxylic acids is 1. The number of rotatable bonds is 6. The highest BCUT2D eigenvalue weighted by molar-refractivity contribution is 7.89. The standard InChI is InChI=1S/C19H17ClF5N3O3S/c1-5-6-28(11(3)19(23,24)25)32(30,31)15-9-27(4)17(10(15)2)18(29)26-12-7-13(20)16(22)14(21)8-12/h6-9,11H,1H2,2-4H3,(H,26,29)/t11-/m1/s1. The van der Waals surface area contributed by atoms with Crippen molar-refractivity contribution in [1.82, 2.24) is 8.87 Å². The van der Waals surface area contributed by atoms with Crippen LogP contribution in [0.3, 0.4) is 0 Å². The lowest BCUT2D eigenvalue weighted by atomic mass is 10.2. The Morgan fingerprint density at radius 1 is 1.34 bits per heavy atom. The van der Waals surface area contributed by atoms with Gasteiger partial charge in [0.15, 0.2) is 11.6 Å². The second-order valence-corrected chi connectivity index (χ2v) is 8.89. The smallest absolute Gasteiger partial charge is 0.345 e. The first kappa shape index (κ1) is 25.4. The first-order valence-electron chi connectivity index (χ1n) is 8.71. The number of benzene rings is 1. The minimum atomic E-state index is -4.89. The molecular formula is C19H17ClF5N3O3S. The van der Waals surface area contributed by atoms with Crippen molar-refractivity contribution >= 4 is 33.2 Å². The number of nitrogens with one attached hydrogen (secondary N) is 1. The summed E-state index contributed by atoms with van der Waals surface area (Å²) in [6.07, 6.45) is -3.39. The topological polar surface area (TPSA) is 71.4 Å². The molecule has 1 aromatic carbocycles. The van der Waals surface area contributed by atoms with Gasteiger partial charge in [-0.25, -0.2) is 17.2 Å². The van der Waals surface area contributed by atoms with E-state index < -0.39 is 49.7 Å². The van der Waals surface area contributed by atoms with Gasteiger partial charge in [-0.1, -0.05) is 18.2 Å². The van der Waals surface area contributed by atoms with Gasteiger partial charge in [-0.05, 0) is 19.9 Å². The Morgan fingerprint density at radius 3 is 2.44 bits per heavy atom. The average molecular weight is 498 g/mol. The van der Waals surface area contributed by atoms with Gasteiger partial charge in [0.1, 0.15) is 16.6 Å². The van der Waals surface area contributed by atoms with Crippen LogP contribution in [0.5, 0.6) is 0 Å². The van der Waals surface area contributed by atoms with Crippen molar-refractivity contribution in [3.63, 3.8) is 0 Å². The van der Waals surface area contributed by atoms with Crippen molar-refractivity contribution in [3.8, 4) is 0 Å². The molecule has 13 heteroatoms. The molecule has 2 rings (SSSR count). The van der Waals surface area contributed by atoms with Crippen LogP contribution in [0.15, 0.2) is 41.7 Å². The van der Waals surface area contributed by atoms with Crippen molar-refractivity contribution in [2.24, 2.45) is 7.05 Å². The molecule has 0 saturated heterocycles. The van der Waals surface area contributed by atoms with Crippen LogP contribution < -0.4 is 5.32 Å². The summed E-state index contributed by atoms with van der Waals surface area (Å²) in [6.45, 7) is 4.98. The molecule has 0 bridgehead atoms. The molecule has 0 unspecified atom stereocenters. The predicted octanol–water partition coefficient (Wildman–Crippen LogP) is 4.76. The van der Waals surface area contributed by atoms with Crippen LogP contribution in [0.2, 0.25) is 5.02 Å². The number of aromatic nitrogens is 1. The average Bonchev–Trinajstić information content (AvgIpc) is 2.97. The van der Waals surface area contributed by atoms with Crippen LogP contribution in [0.1, 0.15) is 23.0 Å². The fraction of sp³-hybridized carbons (Fsp3) is 0.263. The molecule has 2 aromatic rings. The van der Waals surface area contributed by atoms with Crippen molar-refractivity contribution in [3.05, 3.63) is 64.8 Å². The molecule has 0 radical (unpaired) electrons. The second kappa shape index (κ2) is 8.97. The minimum Gasteiger partial charge on any atom is -0.345 e. The normalized spacial score (nSPS) is 12.8. The first-order chi connectivity index (χ1) is 14.6. The van der Waals surface area contributed by atoms with E-state index in [2.05, 4.69) is 11.9 Å². The van der Waals surface area contributed by atoms with E-state index >= 15 is 0 Å². The number of aryl methyl sites for hydroxylation is 1. The number of hydrogen-bond acceptors (Lipinski definition) is 3. The van der Waals surface area contributed by atoms with Crippen molar-refractivity contribution < 1.29 is 35.2 Å². The Bertz CT molecular complexity index is 1190. The molecule has 1 amide bonds. The Labute approximate surface area is 185 Å². The van der Waals surface area contributed by atoms with Crippen molar-refractivity contribution in [2.45, 2.75) is 31.0 Å². The fourth-order valence-corrected chi connectivity index (χ4v) is 4.82. The lowest BCUT2D eigenvalue weighted by molar-refractivity contribution is -0.161. The van der Waals surface area contributed by atoms with E-state index in [1.165, 1.54) is 14.0 Å². The summed E-state index contributed by atoms with van der Waals surface area (Å²) in [7, 11) is -3.49. The van der Waals surface area contributed by atoms with Gasteiger partial charge in [-0.3, -0.25) is 9.10 Å². The number of nitrogens with zero attached hydrogens (tertiary/aromatic N) is 2. The predicted molar refractivity (Wildman–Crippen MR) is 108 cm³/mol. The molecule has 0 aliphatic rings. The molecule has 0 aliphatic carbocycles. The van der Waals surface area contributed by atoms with Crippen LogP contribution in [-0.2, 0) is 17.1 Å². The number of sulfonamides is 1. The molecule has 0 saturated carbocycles. The van der Waals surface area contributed by atoms with Gasteiger partial charge in [0.05, 0.1) is 11.2 Å². The molecule has 1 heterocycles. The monoisotopic (exact) mass is 497 g/mol. The van der Waals surface area contributed by atoms with Crippen LogP contribution in [0, 0.1) is 18.6 Å². The van der Waals surface area contributed by atoms with E-state index in [0.29, 0.717) is 19.2 Å². The summed E-state index contributed by atoms with van der Waals surface area (Å²) >= 11 is 5.54. The molecule has 1 aromatic heterocycles. The van der Waals surface area contributed by atoms with E-state index in [1.54, 1.807) is 0 Å². The molecule has 6 nitrogen and oxygen atoms in total. The summed E-state index contributed by atoms with van der Waals surface area (Å²) in [4.78, 5) is 12.1. The van der Waals surface area contributed by atoms with Crippen molar-refractivity contribution in [1.29, 1.82) is 0 Å². The Kier molecular flexibility index (Phi) is 7.13. The van der Waals surface area contributed by atoms with Gasteiger partial charge in [0.2, 0.25) is 0 Å². The van der Waals surface area contributed by atoms with Crippen LogP contribution in [0.4, 0.5) is 27.6 Å². The number of carbonyl (C=O) groups is 1. The molecule has 174 valence electrons. The zero-order chi connectivity index (χ0) is 24.6.